The van der Waals surface area contributed by atoms with E-state index >= 15 is 0 Å². The summed E-state index contributed by atoms with van der Waals surface area (Å²) in [6.45, 7) is 4.51. The fourth-order valence-electron chi connectivity index (χ4n) is 3.48. The third kappa shape index (κ3) is 6.51. The van der Waals surface area contributed by atoms with E-state index in [0.29, 0.717) is 18.6 Å². The SMILES string of the molecule is CCc1ccc(-c2ccc(C(=O)N[C@H](CCO)[C@@H](C)OCc3ccccc3)cc2)cc1. The number of ether oxygens (including phenoxy) is 1. The molecule has 3 rings (SSSR count). The molecule has 162 valence electrons. The van der Waals surface area contributed by atoms with Crippen LogP contribution in [-0.2, 0) is 17.8 Å². The molecule has 0 aliphatic heterocycles. The van der Waals surface area contributed by atoms with Crippen molar-refractivity contribution in [2.75, 3.05) is 6.61 Å². The number of nitrogens with one attached hydrogen (secondary N) is 1. The van der Waals surface area contributed by atoms with Gasteiger partial charge in [-0.15, -0.1) is 0 Å². The fraction of sp³-hybridized carbons (Fsp3) is 0.296. The first-order valence-corrected chi connectivity index (χ1v) is 10.9. The lowest BCUT2D eigenvalue weighted by atomic mass is 10.0. The summed E-state index contributed by atoms with van der Waals surface area (Å²) in [5, 5.41) is 12.5. The van der Waals surface area contributed by atoms with Gasteiger partial charge >= 0.3 is 0 Å². The molecule has 0 saturated carbocycles. The van der Waals surface area contributed by atoms with Crippen LogP contribution in [0.1, 0.15) is 41.8 Å². The van der Waals surface area contributed by atoms with E-state index in [9.17, 15) is 9.90 Å². The Balaban J connectivity index is 1.61. The predicted molar refractivity (Wildman–Crippen MR) is 125 cm³/mol. The fourth-order valence-corrected chi connectivity index (χ4v) is 3.48. The molecule has 31 heavy (non-hydrogen) atoms. The lowest BCUT2D eigenvalue weighted by Gasteiger charge is -2.25. The smallest absolute Gasteiger partial charge is 0.251 e. The molecule has 2 atom stereocenters. The van der Waals surface area contributed by atoms with Crippen molar-refractivity contribution in [3.8, 4) is 11.1 Å². The van der Waals surface area contributed by atoms with Gasteiger partial charge in [-0.3, -0.25) is 4.79 Å². The third-order valence-electron chi connectivity index (χ3n) is 5.52. The van der Waals surface area contributed by atoms with Crippen LogP contribution in [0.2, 0.25) is 0 Å². The molecule has 0 spiro atoms. The molecule has 4 heteroatoms. The molecular weight excluding hydrogens is 386 g/mol. The molecule has 0 unspecified atom stereocenters. The number of rotatable bonds is 10. The molecule has 0 aromatic heterocycles. The Bertz CT molecular complexity index is 936. The minimum absolute atomic E-state index is 0.0172. The number of carbonyl (C=O) groups is 1. The lowest BCUT2D eigenvalue weighted by Crippen LogP contribution is -2.43. The Morgan fingerprint density at radius 2 is 1.52 bits per heavy atom. The highest BCUT2D eigenvalue weighted by Gasteiger charge is 2.20. The van der Waals surface area contributed by atoms with Crippen LogP contribution in [0.15, 0.2) is 78.9 Å². The highest BCUT2D eigenvalue weighted by molar-refractivity contribution is 5.94. The summed E-state index contributed by atoms with van der Waals surface area (Å²) in [6.07, 6.45) is 1.22. The van der Waals surface area contributed by atoms with E-state index in [1.807, 2.05) is 61.5 Å². The zero-order chi connectivity index (χ0) is 22.1. The Hall–Kier alpha value is -2.95. The number of aliphatic hydroxyl groups excluding tert-OH is 1. The zero-order valence-electron chi connectivity index (χ0n) is 18.3. The van der Waals surface area contributed by atoms with Gasteiger partial charge in [-0.1, -0.05) is 73.7 Å². The Morgan fingerprint density at radius 1 is 0.903 bits per heavy atom. The van der Waals surface area contributed by atoms with E-state index in [1.54, 1.807) is 0 Å². The summed E-state index contributed by atoms with van der Waals surface area (Å²) < 4.78 is 5.95. The van der Waals surface area contributed by atoms with Crippen molar-refractivity contribution < 1.29 is 14.6 Å². The number of amides is 1. The van der Waals surface area contributed by atoms with Crippen LogP contribution in [0.3, 0.4) is 0 Å². The summed E-state index contributed by atoms with van der Waals surface area (Å²) in [6, 6.07) is 25.7. The highest BCUT2D eigenvalue weighted by atomic mass is 16.5. The Kier molecular flexibility index (Phi) is 8.39. The van der Waals surface area contributed by atoms with E-state index in [-0.39, 0.29) is 24.7 Å². The number of hydrogen-bond acceptors (Lipinski definition) is 3. The molecule has 0 saturated heterocycles. The lowest BCUT2D eigenvalue weighted by molar-refractivity contribution is 0.0205. The van der Waals surface area contributed by atoms with Gasteiger partial charge < -0.3 is 15.2 Å². The van der Waals surface area contributed by atoms with Crippen LogP contribution in [0.4, 0.5) is 0 Å². The predicted octanol–water partition coefficient (Wildman–Crippen LogP) is 5.00. The van der Waals surface area contributed by atoms with Gasteiger partial charge in [0.25, 0.3) is 5.91 Å². The highest BCUT2D eigenvalue weighted by Crippen LogP contribution is 2.21. The molecule has 0 heterocycles. The van der Waals surface area contributed by atoms with Crippen molar-refractivity contribution in [2.45, 2.75) is 45.4 Å². The van der Waals surface area contributed by atoms with Gasteiger partial charge in [0.15, 0.2) is 0 Å². The van der Waals surface area contributed by atoms with Crippen LogP contribution in [0.25, 0.3) is 11.1 Å². The van der Waals surface area contributed by atoms with Crippen molar-refractivity contribution in [2.24, 2.45) is 0 Å². The van der Waals surface area contributed by atoms with Crippen molar-refractivity contribution in [3.05, 3.63) is 95.6 Å². The molecule has 3 aromatic rings. The quantitative estimate of drug-likeness (QED) is 0.488. The van der Waals surface area contributed by atoms with Gasteiger partial charge in [0.1, 0.15) is 0 Å². The molecule has 1 amide bonds. The molecule has 4 nitrogen and oxygen atoms in total. The summed E-state index contributed by atoms with van der Waals surface area (Å²) in [7, 11) is 0. The molecule has 3 aromatic carbocycles. The number of benzene rings is 3. The van der Waals surface area contributed by atoms with Crippen LogP contribution < -0.4 is 5.32 Å². The maximum atomic E-state index is 12.8. The normalized spacial score (nSPS) is 12.9. The second kappa shape index (κ2) is 11.4. The number of carbonyl (C=O) groups excluding carboxylic acids is 1. The Morgan fingerprint density at radius 3 is 2.10 bits per heavy atom. The van der Waals surface area contributed by atoms with Crippen LogP contribution in [0, 0.1) is 0 Å². The van der Waals surface area contributed by atoms with E-state index < -0.39 is 0 Å². The second-order valence-corrected chi connectivity index (χ2v) is 7.72. The standard InChI is InChI=1S/C27H31NO3/c1-3-21-9-11-23(12-10-21)24-13-15-25(16-14-24)27(30)28-26(17-18-29)20(2)31-19-22-7-5-4-6-8-22/h4-16,20,26,29H,3,17-19H2,1-2H3,(H,28,30)/t20-,26-/m1/s1. The molecule has 0 bridgehead atoms. The molecule has 0 radical (unpaired) electrons. The molecule has 0 aliphatic rings. The van der Waals surface area contributed by atoms with Gasteiger partial charge in [0, 0.05) is 12.2 Å². The Labute approximate surface area is 184 Å². The van der Waals surface area contributed by atoms with Crippen LogP contribution >= 0.6 is 0 Å². The van der Waals surface area contributed by atoms with Crippen molar-refractivity contribution in [3.63, 3.8) is 0 Å². The summed E-state index contributed by atoms with van der Waals surface area (Å²) in [5.74, 6) is -0.165. The van der Waals surface area contributed by atoms with Crippen LogP contribution in [-0.4, -0.2) is 29.8 Å². The maximum Gasteiger partial charge on any atom is 0.251 e. The average molecular weight is 418 g/mol. The van der Waals surface area contributed by atoms with E-state index in [0.717, 1.165) is 23.1 Å². The average Bonchev–Trinajstić information content (AvgIpc) is 2.83. The number of hydrogen-bond donors (Lipinski definition) is 2. The number of aryl methyl sites for hydroxylation is 1. The van der Waals surface area contributed by atoms with E-state index in [1.165, 1.54) is 5.56 Å². The van der Waals surface area contributed by atoms with Crippen molar-refractivity contribution in [1.82, 2.24) is 5.32 Å². The molecule has 0 aliphatic carbocycles. The maximum absolute atomic E-state index is 12.8. The van der Waals surface area contributed by atoms with Crippen molar-refractivity contribution in [1.29, 1.82) is 0 Å². The second-order valence-electron chi connectivity index (χ2n) is 7.72. The van der Waals surface area contributed by atoms with Gasteiger partial charge in [-0.25, -0.2) is 0 Å². The minimum Gasteiger partial charge on any atom is -0.396 e. The van der Waals surface area contributed by atoms with Gasteiger partial charge in [0.2, 0.25) is 0 Å². The van der Waals surface area contributed by atoms with E-state index in [4.69, 9.17) is 4.74 Å². The number of aliphatic hydroxyl groups is 1. The summed E-state index contributed by atoms with van der Waals surface area (Å²) >= 11 is 0. The summed E-state index contributed by atoms with van der Waals surface area (Å²) in [5.41, 5.74) is 5.17. The topological polar surface area (TPSA) is 58.6 Å². The molecule has 2 N–H and O–H groups in total. The van der Waals surface area contributed by atoms with Gasteiger partial charge in [0.05, 0.1) is 18.8 Å². The molecular formula is C27H31NO3. The van der Waals surface area contributed by atoms with Crippen molar-refractivity contribution >= 4 is 5.91 Å². The first kappa shape index (κ1) is 22.7. The van der Waals surface area contributed by atoms with E-state index in [2.05, 4.69) is 36.5 Å². The van der Waals surface area contributed by atoms with Gasteiger partial charge in [-0.05, 0) is 54.2 Å². The molecule has 0 fully saturated rings. The summed E-state index contributed by atoms with van der Waals surface area (Å²) in [4.78, 5) is 12.8. The monoisotopic (exact) mass is 417 g/mol. The minimum atomic E-state index is -0.275. The van der Waals surface area contributed by atoms with Gasteiger partial charge in [-0.2, -0.15) is 0 Å². The zero-order valence-corrected chi connectivity index (χ0v) is 18.3. The first-order valence-electron chi connectivity index (χ1n) is 10.9. The third-order valence-corrected chi connectivity index (χ3v) is 5.52. The van der Waals surface area contributed by atoms with Crippen LogP contribution in [0.5, 0.6) is 0 Å². The largest absolute Gasteiger partial charge is 0.396 e. The first-order chi connectivity index (χ1) is 15.1.